The first-order chi connectivity index (χ1) is 15.9. The molecule has 0 saturated heterocycles. The van der Waals surface area contributed by atoms with Gasteiger partial charge in [0.2, 0.25) is 5.78 Å². The Bertz CT molecular complexity index is 1180. The molecule has 3 N–H and O–H groups in total. The fraction of sp³-hybridized carbons (Fsp3) is 0.480. The van der Waals surface area contributed by atoms with E-state index in [1.165, 1.54) is 7.11 Å². The van der Waals surface area contributed by atoms with Gasteiger partial charge >= 0.3 is 0 Å². The van der Waals surface area contributed by atoms with E-state index < -0.39 is 57.9 Å². The second-order valence-electron chi connectivity index (χ2n) is 9.69. The normalized spacial score (nSPS) is 28.5. The quantitative estimate of drug-likeness (QED) is 0.562. The van der Waals surface area contributed by atoms with Crippen LogP contribution in [0, 0.1) is 11.8 Å². The molecule has 0 amide bonds. The molecule has 4 atom stereocenters. The maximum absolute atomic E-state index is 13.8. The van der Waals surface area contributed by atoms with Crippen molar-refractivity contribution in [3.8, 4) is 5.75 Å². The van der Waals surface area contributed by atoms with Crippen LogP contribution < -0.4 is 9.64 Å². The number of likely N-dealkylation sites (N-methyl/N-ethyl adjacent to an activating group) is 1. The van der Waals surface area contributed by atoms with Gasteiger partial charge < -0.3 is 25.0 Å². The van der Waals surface area contributed by atoms with Gasteiger partial charge in [-0.25, -0.2) is 0 Å². The summed E-state index contributed by atoms with van der Waals surface area (Å²) in [7, 11) is 8.48. The van der Waals surface area contributed by atoms with Crippen LogP contribution in [0.25, 0.3) is 0 Å². The van der Waals surface area contributed by atoms with E-state index in [1.807, 2.05) is 25.1 Å². The predicted molar refractivity (Wildman–Crippen MR) is 124 cm³/mol. The molecule has 4 rings (SSSR count). The molecule has 1 unspecified atom stereocenters. The Balaban J connectivity index is 1.98. The van der Waals surface area contributed by atoms with Crippen LogP contribution in [0.5, 0.6) is 5.75 Å². The lowest BCUT2D eigenvalue weighted by Gasteiger charge is -2.50. The summed E-state index contributed by atoms with van der Waals surface area (Å²) in [6, 6.07) is 2.63. The third-order valence-electron chi connectivity index (χ3n) is 7.37. The number of ether oxygens (including phenoxy) is 1. The number of allylic oxidation sites excluding steroid dienone is 1. The number of Topliss-reactive ketones (excluding diaryl/α,β-unsaturated/α-hetero) is 3. The van der Waals surface area contributed by atoms with Crippen molar-refractivity contribution in [2.75, 3.05) is 40.2 Å². The van der Waals surface area contributed by atoms with Crippen LogP contribution in [0.2, 0.25) is 0 Å². The molecule has 34 heavy (non-hydrogen) atoms. The van der Waals surface area contributed by atoms with E-state index in [0.717, 1.165) is 18.2 Å². The van der Waals surface area contributed by atoms with Crippen LogP contribution in [0.3, 0.4) is 0 Å². The third kappa shape index (κ3) is 3.03. The first-order valence-corrected chi connectivity index (χ1v) is 11.1. The van der Waals surface area contributed by atoms with Crippen LogP contribution in [0.15, 0.2) is 34.8 Å². The van der Waals surface area contributed by atoms with Gasteiger partial charge in [-0.3, -0.25) is 19.3 Å². The molecule has 182 valence electrons. The van der Waals surface area contributed by atoms with Crippen molar-refractivity contribution in [2.45, 2.75) is 31.4 Å². The topological polar surface area (TPSA) is 128 Å². The fourth-order valence-corrected chi connectivity index (χ4v) is 5.91. The molecule has 1 aromatic rings. The van der Waals surface area contributed by atoms with E-state index in [9.17, 15) is 29.7 Å². The highest BCUT2D eigenvalue weighted by atomic mass is 16.5. The number of carbonyl (C=O) groups is 3. The SMILES string of the molecule is COc1ccc(N(C)C)c2c1C(=O)C1=C(O)[C@]3(O)C(=O)C(C(C)=O)=C(O)C(N(C)C)[C@@H]3C[C@@H]1C2. The molecule has 9 nitrogen and oxygen atoms in total. The van der Waals surface area contributed by atoms with Crippen molar-refractivity contribution in [3.05, 3.63) is 45.9 Å². The van der Waals surface area contributed by atoms with Crippen LogP contribution >= 0.6 is 0 Å². The molecule has 0 spiro atoms. The summed E-state index contributed by atoms with van der Waals surface area (Å²) in [4.78, 5) is 42.9. The van der Waals surface area contributed by atoms with Crippen molar-refractivity contribution >= 4 is 23.0 Å². The number of anilines is 1. The number of aliphatic hydroxyl groups excluding tert-OH is 2. The molecular weight excluding hydrogens is 440 g/mol. The largest absolute Gasteiger partial charge is 0.510 e. The molecule has 0 aromatic heterocycles. The summed E-state index contributed by atoms with van der Waals surface area (Å²) >= 11 is 0. The molecule has 0 radical (unpaired) electrons. The molecule has 0 fully saturated rings. The summed E-state index contributed by atoms with van der Waals surface area (Å²) in [6.45, 7) is 1.12. The maximum atomic E-state index is 13.8. The van der Waals surface area contributed by atoms with Gasteiger partial charge in [0.1, 0.15) is 22.8 Å². The zero-order valence-corrected chi connectivity index (χ0v) is 20.2. The van der Waals surface area contributed by atoms with Gasteiger partial charge in [-0.2, -0.15) is 0 Å². The minimum Gasteiger partial charge on any atom is -0.510 e. The molecule has 3 aliphatic carbocycles. The van der Waals surface area contributed by atoms with Gasteiger partial charge in [0, 0.05) is 31.3 Å². The number of fused-ring (bicyclic) bond motifs is 3. The summed E-state index contributed by atoms with van der Waals surface area (Å²) in [6.07, 6.45) is 0.519. The van der Waals surface area contributed by atoms with Crippen LogP contribution in [-0.2, 0) is 16.0 Å². The van der Waals surface area contributed by atoms with Gasteiger partial charge in [0.05, 0.1) is 18.7 Å². The summed E-state index contributed by atoms with van der Waals surface area (Å²) < 4.78 is 5.43. The number of ketones is 3. The molecule has 0 saturated carbocycles. The average Bonchev–Trinajstić information content (AvgIpc) is 2.74. The Kier molecular flexibility index (Phi) is 5.61. The van der Waals surface area contributed by atoms with E-state index in [4.69, 9.17) is 4.74 Å². The second-order valence-corrected chi connectivity index (χ2v) is 9.69. The molecular formula is C25H30N2O7. The second kappa shape index (κ2) is 7.95. The first-order valence-electron chi connectivity index (χ1n) is 11.1. The zero-order chi connectivity index (χ0) is 25.3. The average molecular weight is 471 g/mol. The van der Waals surface area contributed by atoms with E-state index >= 15 is 0 Å². The molecule has 9 heteroatoms. The molecule has 0 bridgehead atoms. The van der Waals surface area contributed by atoms with E-state index in [0.29, 0.717) is 12.2 Å². The highest BCUT2D eigenvalue weighted by Gasteiger charge is 2.63. The Morgan fingerprint density at radius 1 is 1.15 bits per heavy atom. The van der Waals surface area contributed by atoms with Gasteiger partial charge in [-0.1, -0.05) is 0 Å². The minimum absolute atomic E-state index is 0.0457. The van der Waals surface area contributed by atoms with Crippen molar-refractivity contribution < 1.29 is 34.4 Å². The number of aliphatic hydroxyl groups is 3. The van der Waals surface area contributed by atoms with Gasteiger partial charge in [-0.15, -0.1) is 0 Å². The van der Waals surface area contributed by atoms with Crippen molar-refractivity contribution in [2.24, 2.45) is 11.8 Å². The smallest absolute Gasteiger partial charge is 0.209 e. The monoisotopic (exact) mass is 470 g/mol. The lowest BCUT2D eigenvalue weighted by Crippen LogP contribution is -2.63. The predicted octanol–water partition coefficient (Wildman–Crippen LogP) is 1.59. The summed E-state index contributed by atoms with van der Waals surface area (Å²) in [5.74, 6) is -4.63. The number of hydrogen-bond acceptors (Lipinski definition) is 9. The highest BCUT2D eigenvalue weighted by Crippen LogP contribution is 2.53. The Morgan fingerprint density at radius 2 is 1.79 bits per heavy atom. The number of rotatable bonds is 4. The Morgan fingerprint density at radius 3 is 2.32 bits per heavy atom. The van der Waals surface area contributed by atoms with Gasteiger partial charge in [-0.05, 0) is 57.5 Å². The number of hydrogen-bond donors (Lipinski definition) is 3. The maximum Gasteiger partial charge on any atom is 0.209 e. The zero-order valence-electron chi connectivity index (χ0n) is 20.2. The lowest BCUT2D eigenvalue weighted by molar-refractivity contribution is -0.148. The Hall–Kier alpha value is -3.17. The standard InChI is InChI=1S/C25H30N2O7/c1-11(28)17-22(30)20(27(4)5)14-10-12-9-13-15(26(2)3)7-8-16(34-6)19(13)21(29)18(12)24(32)25(14,33)23(17)31/h7-8,12,14,20,30,32-33H,9-10H2,1-6H3/t12-,14-,20?,25+/m0/s1. The first kappa shape index (κ1) is 24.0. The Labute approximate surface area is 197 Å². The molecule has 0 heterocycles. The summed E-state index contributed by atoms with van der Waals surface area (Å²) in [5, 5.41) is 33.9. The van der Waals surface area contributed by atoms with Crippen molar-refractivity contribution in [1.82, 2.24) is 4.90 Å². The molecule has 1 aromatic carbocycles. The van der Waals surface area contributed by atoms with Crippen molar-refractivity contribution in [3.63, 3.8) is 0 Å². The van der Waals surface area contributed by atoms with Gasteiger partial charge in [0.25, 0.3) is 0 Å². The van der Waals surface area contributed by atoms with Crippen LogP contribution in [-0.4, -0.2) is 84.5 Å². The lowest BCUT2D eigenvalue weighted by atomic mass is 9.58. The summed E-state index contributed by atoms with van der Waals surface area (Å²) in [5.41, 5.74) is -1.24. The fourth-order valence-electron chi connectivity index (χ4n) is 5.91. The third-order valence-corrected chi connectivity index (χ3v) is 7.37. The van der Waals surface area contributed by atoms with E-state index in [1.54, 1.807) is 25.1 Å². The number of nitrogens with zero attached hydrogens (tertiary/aromatic N) is 2. The highest BCUT2D eigenvalue weighted by molar-refractivity contribution is 6.25. The molecule has 0 aliphatic heterocycles. The van der Waals surface area contributed by atoms with Crippen LogP contribution in [0.4, 0.5) is 5.69 Å². The number of benzene rings is 1. The van der Waals surface area contributed by atoms with Crippen LogP contribution in [0.1, 0.15) is 29.3 Å². The van der Waals surface area contributed by atoms with E-state index in [-0.39, 0.29) is 17.6 Å². The van der Waals surface area contributed by atoms with Gasteiger partial charge in [0.15, 0.2) is 17.2 Å². The number of carbonyl (C=O) groups excluding carboxylic acids is 3. The number of methoxy groups -OCH3 is 1. The van der Waals surface area contributed by atoms with Crippen molar-refractivity contribution in [1.29, 1.82) is 0 Å². The van der Waals surface area contributed by atoms with E-state index in [2.05, 4.69) is 0 Å². The minimum atomic E-state index is -2.51. The molecule has 3 aliphatic rings.